The molecule has 28 heavy (non-hydrogen) atoms. The van der Waals surface area contributed by atoms with Crippen LogP contribution in [0.15, 0.2) is 24.3 Å². The third-order valence-corrected chi connectivity index (χ3v) is 4.48. The minimum atomic E-state index is -1.12. The minimum Gasteiger partial charge on any atom is -0.451 e. The van der Waals surface area contributed by atoms with Gasteiger partial charge in [-0.3, -0.25) is 14.5 Å². The van der Waals surface area contributed by atoms with Crippen molar-refractivity contribution in [1.82, 2.24) is 15.5 Å². The van der Waals surface area contributed by atoms with Crippen LogP contribution in [-0.4, -0.2) is 54.0 Å². The molecule has 152 valence electrons. The summed E-state index contributed by atoms with van der Waals surface area (Å²) in [6.07, 6.45) is -1.12. The van der Waals surface area contributed by atoms with Crippen molar-refractivity contribution >= 4 is 23.8 Å². The van der Waals surface area contributed by atoms with Gasteiger partial charge < -0.3 is 15.4 Å². The average molecular weight is 389 g/mol. The van der Waals surface area contributed by atoms with Crippen LogP contribution in [0.3, 0.4) is 0 Å². The first kappa shape index (κ1) is 21.4. The predicted octanol–water partition coefficient (Wildman–Crippen LogP) is 1.59. The molecule has 4 amide bonds. The summed E-state index contributed by atoms with van der Waals surface area (Å²) in [7, 11) is 0. The Bertz CT molecular complexity index is 767. The van der Waals surface area contributed by atoms with Crippen LogP contribution in [0.4, 0.5) is 4.79 Å². The standard InChI is InChI=1S/C20H27N3O5/c1-12(18(26)28-13(2)17(25)23-11-10-21-19(23)27)22-16(24)14-6-8-15(9-7-14)20(3,4)5/h6-9,12-13H,10-11H2,1-5H3,(H,21,27)(H,22,24)/t12-,13+/m0/s1. The third-order valence-electron chi connectivity index (χ3n) is 4.48. The summed E-state index contributed by atoms with van der Waals surface area (Å²) >= 11 is 0. The van der Waals surface area contributed by atoms with Gasteiger partial charge in [0.25, 0.3) is 11.8 Å². The highest BCUT2D eigenvalue weighted by molar-refractivity contribution is 5.99. The summed E-state index contributed by atoms with van der Waals surface area (Å²) in [4.78, 5) is 49.2. The maximum atomic E-state index is 12.3. The van der Waals surface area contributed by atoms with E-state index in [1.54, 1.807) is 12.1 Å². The molecule has 2 atom stereocenters. The lowest BCUT2D eigenvalue weighted by atomic mass is 9.86. The first-order valence-corrected chi connectivity index (χ1v) is 9.22. The fourth-order valence-corrected chi connectivity index (χ4v) is 2.69. The van der Waals surface area contributed by atoms with E-state index in [2.05, 4.69) is 31.4 Å². The van der Waals surface area contributed by atoms with Gasteiger partial charge in [0.1, 0.15) is 6.04 Å². The molecule has 1 heterocycles. The maximum absolute atomic E-state index is 12.3. The number of esters is 1. The van der Waals surface area contributed by atoms with E-state index >= 15 is 0 Å². The van der Waals surface area contributed by atoms with E-state index in [-0.39, 0.29) is 12.0 Å². The zero-order valence-electron chi connectivity index (χ0n) is 16.9. The molecule has 1 aromatic rings. The zero-order valence-corrected chi connectivity index (χ0v) is 16.9. The molecule has 0 unspecified atom stereocenters. The van der Waals surface area contributed by atoms with E-state index in [0.29, 0.717) is 12.1 Å². The van der Waals surface area contributed by atoms with Gasteiger partial charge >= 0.3 is 12.0 Å². The summed E-state index contributed by atoms with van der Waals surface area (Å²) in [6, 6.07) is 5.70. The van der Waals surface area contributed by atoms with E-state index < -0.39 is 36.0 Å². The summed E-state index contributed by atoms with van der Waals surface area (Å²) in [5, 5.41) is 5.07. The molecule has 0 saturated carbocycles. The van der Waals surface area contributed by atoms with Gasteiger partial charge in [-0.25, -0.2) is 9.59 Å². The van der Waals surface area contributed by atoms with Crippen LogP contribution in [0, 0.1) is 0 Å². The van der Waals surface area contributed by atoms with Crippen LogP contribution in [0.5, 0.6) is 0 Å². The highest BCUT2D eigenvalue weighted by Gasteiger charge is 2.32. The van der Waals surface area contributed by atoms with Crippen LogP contribution in [0.1, 0.15) is 50.5 Å². The molecule has 1 saturated heterocycles. The van der Waals surface area contributed by atoms with E-state index in [1.807, 2.05) is 12.1 Å². The molecule has 0 bridgehead atoms. The van der Waals surface area contributed by atoms with Crippen molar-refractivity contribution < 1.29 is 23.9 Å². The number of nitrogens with one attached hydrogen (secondary N) is 2. The number of urea groups is 1. The molecule has 0 spiro atoms. The lowest BCUT2D eigenvalue weighted by Gasteiger charge is -2.21. The van der Waals surface area contributed by atoms with Gasteiger partial charge in [0.15, 0.2) is 6.10 Å². The second kappa shape index (κ2) is 8.41. The Hall–Kier alpha value is -2.90. The van der Waals surface area contributed by atoms with Crippen LogP contribution >= 0.6 is 0 Å². The Morgan fingerprint density at radius 1 is 1.14 bits per heavy atom. The summed E-state index contributed by atoms with van der Waals surface area (Å²) in [5.41, 5.74) is 1.49. The van der Waals surface area contributed by atoms with Crippen molar-refractivity contribution in [3.8, 4) is 0 Å². The molecule has 0 aliphatic carbocycles. The fourth-order valence-electron chi connectivity index (χ4n) is 2.69. The fraction of sp³-hybridized carbons (Fsp3) is 0.500. The molecule has 8 nitrogen and oxygen atoms in total. The van der Waals surface area contributed by atoms with Crippen LogP contribution in [0.25, 0.3) is 0 Å². The molecule has 1 aliphatic heterocycles. The number of hydrogen-bond donors (Lipinski definition) is 2. The van der Waals surface area contributed by atoms with Crippen molar-refractivity contribution in [2.45, 2.75) is 52.2 Å². The molecular formula is C20H27N3O5. The molecular weight excluding hydrogens is 362 g/mol. The summed E-state index contributed by atoms with van der Waals surface area (Å²) < 4.78 is 5.11. The Morgan fingerprint density at radius 2 is 1.75 bits per heavy atom. The monoisotopic (exact) mass is 389 g/mol. The second-order valence-corrected chi connectivity index (χ2v) is 7.82. The molecule has 0 aromatic heterocycles. The maximum Gasteiger partial charge on any atom is 0.329 e. The number of amides is 4. The number of hydrogen-bond acceptors (Lipinski definition) is 5. The lowest BCUT2D eigenvalue weighted by Crippen LogP contribution is -2.45. The van der Waals surface area contributed by atoms with Gasteiger partial charge in [-0.2, -0.15) is 0 Å². The molecule has 1 aromatic carbocycles. The number of ether oxygens (including phenoxy) is 1. The Balaban J connectivity index is 1.91. The van der Waals surface area contributed by atoms with Gasteiger partial charge in [0, 0.05) is 18.7 Å². The first-order valence-electron chi connectivity index (χ1n) is 9.22. The van der Waals surface area contributed by atoms with Gasteiger partial charge in [0.2, 0.25) is 0 Å². The first-order chi connectivity index (χ1) is 13.0. The van der Waals surface area contributed by atoms with E-state index in [1.165, 1.54) is 13.8 Å². The molecule has 8 heteroatoms. The van der Waals surface area contributed by atoms with Gasteiger partial charge in [-0.05, 0) is 37.0 Å². The van der Waals surface area contributed by atoms with Crippen molar-refractivity contribution in [1.29, 1.82) is 0 Å². The average Bonchev–Trinajstić information content (AvgIpc) is 3.06. The Kier molecular flexibility index (Phi) is 6.43. The van der Waals surface area contributed by atoms with E-state index in [4.69, 9.17) is 4.74 Å². The minimum absolute atomic E-state index is 0.0268. The second-order valence-electron chi connectivity index (χ2n) is 7.82. The van der Waals surface area contributed by atoms with Crippen LogP contribution in [0.2, 0.25) is 0 Å². The molecule has 1 aliphatic rings. The van der Waals surface area contributed by atoms with Crippen LogP contribution in [-0.2, 0) is 19.7 Å². The number of carbonyl (C=O) groups is 4. The number of rotatable bonds is 5. The van der Waals surface area contributed by atoms with Crippen molar-refractivity contribution in [3.63, 3.8) is 0 Å². The quantitative estimate of drug-likeness (QED) is 0.744. The topological polar surface area (TPSA) is 105 Å². The number of benzene rings is 1. The lowest BCUT2D eigenvalue weighted by molar-refractivity contribution is -0.158. The Morgan fingerprint density at radius 3 is 2.25 bits per heavy atom. The van der Waals surface area contributed by atoms with Crippen molar-refractivity contribution in [3.05, 3.63) is 35.4 Å². The van der Waals surface area contributed by atoms with Crippen molar-refractivity contribution in [2.24, 2.45) is 0 Å². The number of carbonyl (C=O) groups excluding carboxylic acids is 4. The smallest absolute Gasteiger partial charge is 0.329 e. The van der Waals surface area contributed by atoms with E-state index in [0.717, 1.165) is 10.5 Å². The normalized spacial score (nSPS) is 16.2. The highest BCUT2D eigenvalue weighted by Crippen LogP contribution is 2.22. The number of nitrogens with zero attached hydrogens (tertiary/aromatic N) is 1. The van der Waals surface area contributed by atoms with Crippen molar-refractivity contribution in [2.75, 3.05) is 13.1 Å². The Labute approximate surface area is 164 Å². The number of imide groups is 1. The molecule has 1 fully saturated rings. The van der Waals surface area contributed by atoms with E-state index in [9.17, 15) is 19.2 Å². The molecule has 2 rings (SSSR count). The molecule has 0 radical (unpaired) electrons. The highest BCUT2D eigenvalue weighted by atomic mass is 16.5. The van der Waals surface area contributed by atoms with Gasteiger partial charge in [0.05, 0.1) is 0 Å². The third kappa shape index (κ3) is 5.09. The van der Waals surface area contributed by atoms with Crippen LogP contribution < -0.4 is 10.6 Å². The summed E-state index contributed by atoms with van der Waals surface area (Å²) in [5.74, 6) is -1.76. The van der Waals surface area contributed by atoms with Gasteiger partial charge in [-0.15, -0.1) is 0 Å². The predicted molar refractivity (Wildman–Crippen MR) is 103 cm³/mol. The largest absolute Gasteiger partial charge is 0.451 e. The molecule has 2 N–H and O–H groups in total. The summed E-state index contributed by atoms with van der Waals surface area (Å²) in [6.45, 7) is 9.70. The SMILES string of the molecule is C[C@H](NC(=O)c1ccc(C(C)(C)C)cc1)C(=O)O[C@H](C)C(=O)N1CCNC1=O. The van der Waals surface area contributed by atoms with Gasteiger partial charge in [-0.1, -0.05) is 32.9 Å². The zero-order chi connectivity index (χ0) is 21.1.